The normalized spacial score (nSPS) is 12.7. The number of allylic oxidation sites excluding steroid dienone is 2. The minimum atomic E-state index is -0.702. The maximum absolute atomic E-state index is 9.49. The predicted octanol–water partition coefficient (Wildman–Crippen LogP) is 3.85. The van der Waals surface area contributed by atoms with Crippen molar-refractivity contribution < 1.29 is 10.2 Å². The van der Waals surface area contributed by atoms with Crippen molar-refractivity contribution in [1.29, 1.82) is 0 Å². The fourth-order valence-electron chi connectivity index (χ4n) is 1.34. The van der Waals surface area contributed by atoms with Crippen LogP contribution in [0.4, 0.5) is 0 Å². The summed E-state index contributed by atoms with van der Waals surface area (Å²) in [5.41, 5.74) is 1.56. The van der Waals surface area contributed by atoms with Gasteiger partial charge in [0.1, 0.15) is 0 Å². The Hall–Kier alpha value is -1.38. The van der Waals surface area contributed by atoms with E-state index >= 15 is 0 Å². The summed E-state index contributed by atoms with van der Waals surface area (Å²) in [5.74, 6) is 0. The van der Waals surface area contributed by atoms with Gasteiger partial charge in [-0.15, -0.1) is 6.58 Å². The van der Waals surface area contributed by atoms with Crippen LogP contribution in [0.5, 0.6) is 0 Å². The molecule has 0 fully saturated rings. The summed E-state index contributed by atoms with van der Waals surface area (Å²) in [7, 11) is 0. The smallest absolute Gasteiger partial charge is 0.0800 e. The van der Waals surface area contributed by atoms with E-state index in [2.05, 4.69) is 26.5 Å². The second-order valence-electron chi connectivity index (χ2n) is 5.03. The van der Waals surface area contributed by atoms with Crippen LogP contribution in [-0.4, -0.2) is 15.8 Å². The molecule has 1 atom stereocenters. The zero-order chi connectivity index (χ0) is 14.7. The number of hydrogen-bond acceptors (Lipinski definition) is 2. The van der Waals surface area contributed by atoms with Crippen LogP contribution in [0.2, 0.25) is 0 Å². The first-order valence-corrected chi connectivity index (χ1v) is 6.55. The molecule has 0 aliphatic carbocycles. The van der Waals surface area contributed by atoms with Crippen LogP contribution in [0.25, 0.3) is 0 Å². The average Bonchev–Trinajstić information content (AvgIpc) is 2.40. The Morgan fingerprint density at radius 1 is 1.26 bits per heavy atom. The van der Waals surface area contributed by atoms with Gasteiger partial charge in [-0.3, -0.25) is 0 Å². The van der Waals surface area contributed by atoms with Crippen LogP contribution in [0.1, 0.15) is 39.2 Å². The molecule has 0 bridgehead atoms. The summed E-state index contributed by atoms with van der Waals surface area (Å²) in [6, 6.07) is 9.52. The van der Waals surface area contributed by atoms with Gasteiger partial charge in [-0.2, -0.15) is 0 Å². The molecule has 0 amide bonds. The monoisotopic (exact) mass is 262 g/mol. The Bertz CT molecular complexity index is 374. The van der Waals surface area contributed by atoms with Gasteiger partial charge in [0.25, 0.3) is 0 Å². The van der Waals surface area contributed by atoms with Gasteiger partial charge in [-0.25, -0.2) is 0 Å². The van der Waals surface area contributed by atoms with Crippen LogP contribution < -0.4 is 0 Å². The van der Waals surface area contributed by atoms with E-state index in [0.717, 1.165) is 18.4 Å². The molecule has 2 heteroatoms. The van der Waals surface area contributed by atoms with Crippen LogP contribution in [0, 0.1) is 0 Å². The molecule has 2 N–H and O–H groups in total. The molecule has 106 valence electrons. The highest BCUT2D eigenvalue weighted by Gasteiger charge is 2.12. The molecule has 19 heavy (non-hydrogen) atoms. The highest BCUT2D eigenvalue weighted by Crippen LogP contribution is 2.13. The van der Waals surface area contributed by atoms with E-state index in [1.807, 2.05) is 30.3 Å². The van der Waals surface area contributed by atoms with Crippen LogP contribution in [-0.2, 0) is 6.61 Å². The van der Waals surface area contributed by atoms with Gasteiger partial charge in [-0.05, 0) is 39.2 Å². The summed E-state index contributed by atoms with van der Waals surface area (Å²) in [6.07, 6.45) is 5.38. The maximum Gasteiger partial charge on any atom is 0.0800 e. The molecule has 0 saturated heterocycles. The zero-order valence-electron chi connectivity index (χ0n) is 12.3. The van der Waals surface area contributed by atoms with Gasteiger partial charge in [0, 0.05) is 0 Å². The first kappa shape index (κ1) is 17.6. The fourth-order valence-corrected chi connectivity index (χ4v) is 1.34. The standard InChI is InChI=1S/C10H18O.C7H8O/c1-5-10(4,11)8-6-7-9(2)3;8-6-7-4-2-1-3-5-7/h5,7,11H,1,6,8H2,2-4H3;1-5,8H,6H2. The Morgan fingerprint density at radius 2 is 1.84 bits per heavy atom. The number of aliphatic hydroxyl groups is 2. The third-order valence-electron chi connectivity index (χ3n) is 2.67. The van der Waals surface area contributed by atoms with Crippen molar-refractivity contribution in [2.75, 3.05) is 0 Å². The quantitative estimate of drug-likeness (QED) is 0.791. The van der Waals surface area contributed by atoms with E-state index in [1.54, 1.807) is 13.0 Å². The molecular weight excluding hydrogens is 236 g/mol. The first-order chi connectivity index (χ1) is 8.91. The largest absolute Gasteiger partial charge is 0.392 e. The lowest BCUT2D eigenvalue weighted by Gasteiger charge is -2.16. The molecule has 0 aliphatic rings. The summed E-state index contributed by atoms with van der Waals surface area (Å²) in [4.78, 5) is 0. The minimum Gasteiger partial charge on any atom is -0.392 e. The molecule has 0 radical (unpaired) electrons. The predicted molar refractivity (Wildman–Crippen MR) is 81.9 cm³/mol. The Balaban J connectivity index is 0.000000356. The van der Waals surface area contributed by atoms with Crippen molar-refractivity contribution in [1.82, 2.24) is 0 Å². The third kappa shape index (κ3) is 10.2. The molecule has 0 saturated carbocycles. The highest BCUT2D eigenvalue weighted by molar-refractivity contribution is 5.12. The number of aliphatic hydroxyl groups excluding tert-OH is 1. The van der Waals surface area contributed by atoms with Gasteiger partial charge >= 0.3 is 0 Å². The molecular formula is C17H26O2. The molecule has 0 aliphatic heterocycles. The van der Waals surface area contributed by atoms with Crippen LogP contribution in [0.3, 0.4) is 0 Å². The van der Waals surface area contributed by atoms with E-state index < -0.39 is 5.60 Å². The minimum absolute atomic E-state index is 0.140. The number of hydrogen-bond donors (Lipinski definition) is 2. The topological polar surface area (TPSA) is 40.5 Å². The second-order valence-corrected chi connectivity index (χ2v) is 5.03. The Morgan fingerprint density at radius 3 is 2.21 bits per heavy atom. The van der Waals surface area contributed by atoms with Gasteiger partial charge in [0.15, 0.2) is 0 Å². The molecule has 1 rings (SSSR count). The molecule has 1 aromatic carbocycles. The van der Waals surface area contributed by atoms with E-state index in [4.69, 9.17) is 5.11 Å². The molecule has 1 aromatic rings. The zero-order valence-corrected chi connectivity index (χ0v) is 12.3. The highest BCUT2D eigenvalue weighted by atomic mass is 16.3. The third-order valence-corrected chi connectivity index (χ3v) is 2.67. The molecule has 0 spiro atoms. The van der Waals surface area contributed by atoms with E-state index in [1.165, 1.54) is 5.57 Å². The summed E-state index contributed by atoms with van der Waals surface area (Å²) in [5, 5.41) is 18.0. The van der Waals surface area contributed by atoms with Gasteiger partial charge in [0.05, 0.1) is 12.2 Å². The molecule has 1 unspecified atom stereocenters. The van der Waals surface area contributed by atoms with E-state index in [9.17, 15) is 5.11 Å². The first-order valence-electron chi connectivity index (χ1n) is 6.55. The maximum atomic E-state index is 9.49. The van der Waals surface area contributed by atoms with Crippen molar-refractivity contribution in [2.24, 2.45) is 0 Å². The van der Waals surface area contributed by atoms with Crippen molar-refractivity contribution in [3.8, 4) is 0 Å². The van der Waals surface area contributed by atoms with Gasteiger partial charge in [0.2, 0.25) is 0 Å². The molecule has 2 nitrogen and oxygen atoms in total. The van der Waals surface area contributed by atoms with E-state index in [0.29, 0.717) is 0 Å². The van der Waals surface area contributed by atoms with Crippen molar-refractivity contribution in [3.63, 3.8) is 0 Å². The Labute approximate surface area is 117 Å². The summed E-state index contributed by atoms with van der Waals surface area (Å²) < 4.78 is 0. The number of rotatable bonds is 5. The van der Waals surface area contributed by atoms with Crippen LogP contribution in [0.15, 0.2) is 54.6 Å². The molecule has 0 heterocycles. The van der Waals surface area contributed by atoms with Gasteiger partial charge < -0.3 is 10.2 Å². The van der Waals surface area contributed by atoms with Crippen molar-refractivity contribution in [3.05, 3.63) is 60.2 Å². The fraction of sp³-hybridized carbons (Fsp3) is 0.412. The van der Waals surface area contributed by atoms with Gasteiger partial charge in [-0.1, -0.05) is 48.1 Å². The van der Waals surface area contributed by atoms with Crippen molar-refractivity contribution >= 4 is 0 Å². The van der Waals surface area contributed by atoms with E-state index in [-0.39, 0.29) is 6.61 Å². The lowest BCUT2D eigenvalue weighted by molar-refractivity contribution is 0.103. The summed E-state index contributed by atoms with van der Waals surface area (Å²) in [6.45, 7) is 9.59. The number of benzene rings is 1. The lowest BCUT2D eigenvalue weighted by atomic mass is 10.00. The lowest BCUT2D eigenvalue weighted by Crippen LogP contribution is -2.19. The van der Waals surface area contributed by atoms with Crippen LogP contribution >= 0.6 is 0 Å². The Kier molecular flexibility index (Phi) is 8.84. The average molecular weight is 262 g/mol. The molecule has 0 aromatic heterocycles. The van der Waals surface area contributed by atoms with Crippen molar-refractivity contribution in [2.45, 2.75) is 45.8 Å². The summed E-state index contributed by atoms with van der Waals surface area (Å²) >= 11 is 0. The SMILES string of the molecule is C=CC(C)(O)CCC=C(C)C.OCc1ccccc1. The second kappa shape index (κ2) is 9.54.